The van der Waals surface area contributed by atoms with Crippen molar-refractivity contribution in [3.8, 4) is 5.75 Å². The van der Waals surface area contributed by atoms with Crippen LogP contribution in [0.2, 0.25) is 0 Å². The van der Waals surface area contributed by atoms with E-state index in [1.54, 1.807) is 31.4 Å². The predicted octanol–water partition coefficient (Wildman–Crippen LogP) is 1.34. The summed E-state index contributed by atoms with van der Waals surface area (Å²) in [5.74, 6) is 1.00. The first-order valence-electron chi connectivity index (χ1n) is 8.19. The molecule has 2 amide bonds. The summed E-state index contributed by atoms with van der Waals surface area (Å²) in [5.41, 5.74) is 0.685. The Morgan fingerprint density at radius 1 is 1.24 bits per heavy atom. The molecule has 1 aromatic rings. The third-order valence-electron chi connectivity index (χ3n) is 4.26. The number of ether oxygens (including phenoxy) is 1. The van der Waals surface area contributed by atoms with Crippen LogP contribution in [0.4, 0.5) is 10.5 Å². The molecular weight excluding hydrogens is 344 g/mol. The molecule has 0 aliphatic carbocycles. The number of rotatable bonds is 6. The van der Waals surface area contributed by atoms with Crippen LogP contribution in [-0.4, -0.2) is 63.9 Å². The van der Waals surface area contributed by atoms with Crippen LogP contribution in [0.15, 0.2) is 24.3 Å². The Hall–Kier alpha value is -1.84. The highest BCUT2D eigenvalue weighted by atomic mass is 32.2. The van der Waals surface area contributed by atoms with Crippen molar-refractivity contribution in [1.82, 2.24) is 13.9 Å². The Bertz CT molecular complexity index is 668. The van der Waals surface area contributed by atoms with Gasteiger partial charge in [-0.3, -0.25) is 0 Å². The Labute approximate surface area is 149 Å². The lowest BCUT2D eigenvalue weighted by Gasteiger charge is -2.32. The van der Waals surface area contributed by atoms with Gasteiger partial charge in [0.05, 0.1) is 7.11 Å². The molecule has 9 heteroatoms. The predicted molar refractivity (Wildman–Crippen MR) is 96.9 cm³/mol. The van der Waals surface area contributed by atoms with Gasteiger partial charge in [0, 0.05) is 39.4 Å². The highest BCUT2D eigenvalue weighted by Gasteiger charge is 2.29. The molecule has 1 fully saturated rings. The Morgan fingerprint density at radius 3 is 2.36 bits per heavy atom. The molecule has 1 aliphatic rings. The van der Waals surface area contributed by atoms with Gasteiger partial charge in [0.2, 0.25) is 0 Å². The van der Waals surface area contributed by atoms with E-state index in [1.807, 2.05) is 0 Å². The molecule has 1 aliphatic heterocycles. The number of anilines is 1. The van der Waals surface area contributed by atoms with Crippen molar-refractivity contribution in [3.05, 3.63) is 24.3 Å². The van der Waals surface area contributed by atoms with Crippen molar-refractivity contribution >= 4 is 21.9 Å². The maximum atomic E-state index is 12.1. The van der Waals surface area contributed by atoms with Crippen molar-refractivity contribution in [2.24, 2.45) is 5.92 Å². The number of hydrogen-bond acceptors (Lipinski definition) is 4. The van der Waals surface area contributed by atoms with Crippen LogP contribution in [0.1, 0.15) is 12.8 Å². The van der Waals surface area contributed by atoms with Crippen LogP contribution in [0, 0.1) is 5.92 Å². The first-order valence-corrected chi connectivity index (χ1v) is 9.59. The van der Waals surface area contributed by atoms with Crippen molar-refractivity contribution in [1.29, 1.82) is 0 Å². The molecule has 1 aromatic carbocycles. The second kappa shape index (κ2) is 8.50. The van der Waals surface area contributed by atoms with E-state index < -0.39 is 10.2 Å². The minimum atomic E-state index is -3.34. The third kappa shape index (κ3) is 5.32. The van der Waals surface area contributed by atoms with Gasteiger partial charge in [0.25, 0.3) is 10.2 Å². The highest BCUT2D eigenvalue weighted by Crippen LogP contribution is 2.20. The van der Waals surface area contributed by atoms with Gasteiger partial charge in [0.1, 0.15) is 5.75 Å². The zero-order valence-corrected chi connectivity index (χ0v) is 15.7. The van der Waals surface area contributed by atoms with E-state index in [2.05, 4.69) is 10.6 Å². The molecule has 0 atom stereocenters. The molecule has 8 nitrogen and oxygen atoms in total. The number of methoxy groups -OCH3 is 1. The van der Waals surface area contributed by atoms with Gasteiger partial charge >= 0.3 is 6.03 Å². The van der Waals surface area contributed by atoms with Gasteiger partial charge in [-0.15, -0.1) is 0 Å². The smallest absolute Gasteiger partial charge is 0.319 e. The van der Waals surface area contributed by atoms with E-state index in [9.17, 15) is 13.2 Å². The summed E-state index contributed by atoms with van der Waals surface area (Å²) in [6, 6.07) is 6.81. The second-order valence-electron chi connectivity index (χ2n) is 6.20. The van der Waals surface area contributed by atoms with E-state index in [-0.39, 0.29) is 11.9 Å². The standard InChI is InChI=1S/C16H26N4O4S/c1-19(2)25(22,23)20-10-8-13(9-11-20)12-17-16(21)18-14-4-6-15(24-3)7-5-14/h4-7,13H,8-12H2,1-3H3,(H2,17,18,21). The Kier molecular flexibility index (Phi) is 6.63. The van der Waals surface area contributed by atoms with E-state index in [1.165, 1.54) is 22.7 Å². The number of piperidine rings is 1. The maximum Gasteiger partial charge on any atom is 0.319 e. The lowest BCUT2D eigenvalue weighted by atomic mass is 9.98. The van der Waals surface area contributed by atoms with Crippen LogP contribution in [0.25, 0.3) is 0 Å². The number of carbonyl (C=O) groups is 1. The fourth-order valence-corrected chi connectivity index (χ4v) is 3.80. The first-order chi connectivity index (χ1) is 11.8. The quantitative estimate of drug-likeness (QED) is 0.790. The summed E-state index contributed by atoms with van der Waals surface area (Å²) < 4.78 is 31.9. The lowest BCUT2D eigenvalue weighted by molar-refractivity contribution is 0.238. The lowest BCUT2D eigenvalue weighted by Crippen LogP contribution is -2.46. The number of amides is 2. The highest BCUT2D eigenvalue weighted by molar-refractivity contribution is 7.86. The molecule has 1 saturated heterocycles. The van der Waals surface area contributed by atoms with Crippen LogP contribution < -0.4 is 15.4 Å². The van der Waals surface area contributed by atoms with Crippen LogP contribution >= 0.6 is 0 Å². The number of carbonyl (C=O) groups excluding carboxylic acids is 1. The van der Waals surface area contributed by atoms with Gasteiger partial charge in [0.15, 0.2) is 0 Å². The van der Waals surface area contributed by atoms with E-state index in [0.717, 1.165) is 18.6 Å². The molecule has 2 N–H and O–H groups in total. The van der Waals surface area contributed by atoms with Crippen LogP contribution in [0.5, 0.6) is 5.75 Å². The van der Waals surface area contributed by atoms with Gasteiger partial charge < -0.3 is 15.4 Å². The minimum Gasteiger partial charge on any atom is -0.497 e. The van der Waals surface area contributed by atoms with Gasteiger partial charge in [-0.1, -0.05) is 0 Å². The fourth-order valence-electron chi connectivity index (χ4n) is 2.66. The van der Waals surface area contributed by atoms with Gasteiger partial charge in [-0.05, 0) is 43.0 Å². The number of benzene rings is 1. The summed E-state index contributed by atoms with van der Waals surface area (Å²) in [5, 5.41) is 5.61. The normalized spacial score (nSPS) is 16.6. The monoisotopic (exact) mass is 370 g/mol. The summed E-state index contributed by atoms with van der Waals surface area (Å²) in [7, 11) is 1.31. The molecule has 0 saturated carbocycles. The summed E-state index contributed by atoms with van der Waals surface area (Å²) in [6.07, 6.45) is 1.46. The SMILES string of the molecule is COc1ccc(NC(=O)NCC2CCN(S(=O)(=O)N(C)C)CC2)cc1. The van der Waals surface area contributed by atoms with Crippen LogP contribution in [0.3, 0.4) is 0 Å². The van der Waals surface area contributed by atoms with E-state index >= 15 is 0 Å². The molecule has 0 unspecified atom stereocenters. The molecule has 25 heavy (non-hydrogen) atoms. The van der Waals surface area contributed by atoms with Crippen LogP contribution in [-0.2, 0) is 10.2 Å². The number of urea groups is 1. The largest absolute Gasteiger partial charge is 0.497 e. The fraction of sp³-hybridized carbons (Fsp3) is 0.562. The maximum absolute atomic E-state index is 12.1. The average Bonchev–Trinajstić information content (AvgIpc) is 2.61. The summed E-state index contributed by atoms with van der Waals surface area (Å²) >= 11 is 0. The van der Waals surface area contributed by atoms with Crippen molar-refractivity contribution < 1.29 is 17.9 Å². The number of hydrogen-bond donors (Lipinski definition) is 2. The van der Waals surface area contributed by atoms with Crippen molar-refractivity contribution in [2.75, 3.05) is 46.2 Å². The zero-order chi connectivity index (χ0) is 18.4. The van der Waals surface area contributed by atoms with Gasteiger partial charge in [-0.2, -0.15) is 17.0 Å². The van der Waals surface area contributed by atoms with E-state index in [0.29, 0.717) is 25.3 Å². The summed E-state index contributed by atoms with van der Waals surface area (Å²) in [4.78, 5) is 12.0. The second-order valence-corrected chi connectivity index (χ2v) is 8.34. The molecule has 140 valence electrons. The minimum absolute atomic E-state index is 0.270. The molecule has 0 spiro atoms. The molecular formula is C16H26N4O4S. The Balaban J connectivity index is 1.74. The number of nitrogens with one attached hydrogen (secondary N) is 2. The van der Waals surface area contributed by atoms with Gasteiger partial charge in [-0.25, -0.2) is 4.79 Å². The number of nitrogens with zero attached hydrogens (tertiary/aromatic N) is 2. The molecule has 2 rings (SSSR count). The zero-order valence-electron chi connectivity index (χ0n) is 14.9. The van der Waals surface area contributed by atoms with E-state index in [4.69, 9.17) is 4.74 Å². The average molecular weight is 370 g/mol. The molecule has 0 bridgehead atoms. The third-order valence-corrected chi connectivity index (χ3v) is 6.20. The summed E-state index contributed by atoms with van der Waals surface area (Å²) in [6.45, 7) is 1.48. The Morgan fingerprint density at radius 2 is 1.84 bits per heavy atom. The topological polar surface area (TPSA) is 91.0 Å². The molecule has 0 radical (unpaired) electrons. The van der Waals surface area contributed by atoms with Crippen molar-refractivity contribution in [2.45, 2.75) is 12.8 Å². The van der Waals surface area contributed by atoms with Crippen molar-refractivity contribution in [3.63, 3.8) is 0 Å². The molecule has 0 aromatic heterocycles. The molecule has 1 heterocycles. The first kappa shape index (κ1) is 19.5.